The number of rotatable bonds is 5. The van der Waals surface area contributed by atoms with Crippen LogP contribution in [0.3, 0.4) is 0 Å². The van der Waals surface area contributed by atoms with Crippen LogP contribution in [0.25, 0.3) is 0 Å². The van der Waals surface area contributed by atoms with Gasteiger partial charge in [0.25, 0.3) is 0 Å². The SMILES string of the molecule is CC1CCC(C2CCC(CCC3=CC=CC(OC(F)(F)F)C(F)=C3)CC2)CC1. The maximum Gasteiger partial charge on any atom is 0.523 e. The third kappa shape index (κ3) is 6.47. The fraction of sp³-hybridized carbons (Fsp3) is 0.739. The average molecular weight is 401 g/mol. The van der Waals surface area contributed by atoms with Crippen LogP contribution in [0.2, 0.25) is 0 Å². The van der Waals surface area contributed by atoms with E-state index in [4.69, 9.17) is 0 Å². The molecule has 1 nitrogen and oxygen atoms in total. The van der Waals surface area contributed by atoms with E-state index in [-0.39, 0.29) is 0 Å². The van der Waals surface area contributed by atoms with Gasteiger partial charge in [0.2, 0.25) is 0 Å². The Hall–Kier alpha value is -1.10. The van der Waals surface area contributed by atoms with Crippen molar-refractivity contribution in [3.63, 3.8) is 0 Å². The Labute approximate surface area is 165 Å². The van der Waals surface area contributed by atoms with Crippen molar-refractivity contribution < 1.29 is 22.3 Å². The molecule has 0 bridgehead atoms. The van der Waals surface area contributed by atoms with Crippen LogP contribution in [-0.2, 0) is 4.74 Å². The molecule has 3 rings (SSSR count). The Morgan fingerprint density at radius 1 is 0.964 bits per heavy atom. The Morgan fingerprint density at radius 2 is 1.57 bits per heavy atom. The van der Waals surface area contributed by atoms with E-state index >= 15 is 0 Å². The minimum atomic E-state index is -4.85. The quantitative estimate of drug-likeness (QED) is 0.431. The second-order valence-corrected chi connectivity index (χ2v) is 8.98. The third-order valence-electron chi connectivity index (χ3n) is 6.91. The molecular formula is C23H32F4O. The predicted molar refractivity (Wildman–Crippen MR) is 103 cm³/mol. The second kappa shape index (κ2) is 9.60. The number of hydrogen-bond acceptors (Lipinski definition) is 1. The highest BCUT2D eigenvalue weighted by molar-refractivity contribution is 5.32. The summed E-state index contributed by atoms with van der Waals surface area (Å²) in [6, 6.07) is 0. The van der Waals surface area contributed by atoms with E-state index in [1.165, 1.54) is 63.5 Å². The van der Waals surface area contributed by atoms with Crippen molar-refractivity contribution in [3.05, 3.63) is 35.7 Å². The van der Waals surface area contributed by atoms with Gasteiger partial charge in [-0.1, -0.05) is 44.8 Å². The van der Waals surface area contributed by atoms with E-state index in [0.717, 1.165) is 35.8 Å². The molecule has 0 radical (unpaired) electrons. The van der Waals surface area contributed by atoms with Gasteiger partial charge in [0.05, 0.1) is 0 Å². The molecule has 5 heteroatoms. The first-order chi connectivity index (χ1) is 13.3. The van der Waals surface area contributed by atoms with E-state index in [0.29, 0.717) is 12.3 Å². The highest BCUT2D eigenvalue weighted by Gasteiger charge is 2.35. The third-order valence-corrected chi connectivity index (χ3v) is 6.91. The maximum absolute atomic E-state index is 14.1. The molecule has 158 valence electrons. The summed E-state index contributed by atoms with van der Waals surface area (Å²) in [6.07, 6.45) is 11.2. The number of ether oxygens (including phenoxy) is 1. The van der Waals surface area contributed by atoms with E-state index < -0.39 is 18.3 Å². The highest BCUT2D eigenvalue weighted by atomic mass is 19.4. The molecule has 0 heterocycles. The molecule has 0 aliphatic heterocycles. The summed E-state index contributed by atoms with van der Waals surface area (Å²) >= 11 is 0. The topological polar surface area (TPSA) is 9.23 Å². The van der Waals surface area contributed by atoms with Gasteiger partial charge in [-0.2, -0.15) is 0 Å². The molecule has 0 aromatic heterocycles. The smallest absolute Gasteiger partial charge is 0.277 e. The van der Waals surface area contributed by atoms with Crippen molar-refractivity contribution >= 4 is 0 Å². The zero-order chi connectivity index (χ0) is 20.1. The van der Waals surface area contributed by atoms with Crippen molar-refractivity contribution in [3.8, 4) is 0 Å². The Kier molecular flexibility index (Phi) is 7.41. The first-order valence-electron chi connectivity index (χ1n) is 10.8. The molecule has 0 aromatic rings. The molecule has 3 aliphatic rings. The van der Waals surface area contributed by atoms with Crippen molar-refractivity contribution in [1.82, 2.24) is 0 Å². The summed E-state index contributed by atoms with van der Waals surface area (Å²) in [7, 11) is 0. The van der Waals surface area contributed by atoms with Crippen molar-refractivity contribution in [1.29, 1.82) is 0 Å². The normalized spacial score (nSPS) is 34.5. The monoisotopic (exact) mass is 400 g/mol. The average Bonchev–Trinajstić information content (AvgIpc) is 2.81. The van der Waals surface area contributed by atoms with Crippen LogP contribution < -0.4 is 0 Å². The van der Waals surface area contributed by atoms with Crippen molar-refractivity contribution in [2.45, 2.75) is 83.6 Å². The fourth-order valence-corrected chi connectivity index (χ4v) is 5.15. The second-order valence-electron chi connectivity index (χ2n) is 8.98. The highest BCUT2D eigenvalue weighted by Crippen LogP contribution is 2.42. The molecule has 28 heavy (non-hydrogen) atoms. The van der Waals surface area contributed by atoms with Crippen LogP contribution in [0.5, 0.6) is 0 Å². The van der Waals surface area contributed by atoms with Gasteiger partial charge in [0.1, 0.15) is 11.9 Å². The van der Waals surface area contributed by atoms with Crippen LogP contribution in [0.1, 0.15) is 71.1 Å². The first-order valence-corrected chi connectivity index (χ1v) is 10.8. The molecule has 0 spiro atoms. The lowest BCUT2D eigenvalue weighted by atomic mass is 9.69. The minimum absolute atomic E-state index is 0.644. The summed E-state index contributed by atoms with van der Waals surface area (Å²) in [5, 5.41) is 0. The first kappa shape index (κ1) is 21.6. The molecule has 1 atom stereocenters. The molecule has 0 saturated heterocycles. The fourth-order valence-electron chi connectivity index (χ4n) is 5.15. The summed E-state index contributed by atoms with van der Waals surface area (Å²) in [5.74, 6) is 2.44. The standard InChI is InChI=1S/C23H32F4O/c1-16-5-11-19(12-6-16)20-13-9-17(10-14-20)7-8-18-3-2-4-22(21(24)15-18)28-23(25,26)27/h2-4,15-17,19-20,22H,5-14H2,1H3. The van der Waals surface area contributed by atoms with Crippen LogP contribution >= 0.6 is 0 Å². The summed E-state index contributed by atoms with van der Waals surface area (Å²) < 4.78 is 55.0. The molecular weight excluding hydrogens is 368 g/mol. The van der Waals surface area contributed by atoms with Crippen LogP contribution in [0.4, 0.5) is 17.6 Å². The van der Waals surface area contributed by atoms with Gasteiger partial charge >= 0.3 is 6.36 Å². The summed E-state index contributed by atoms with van der Waals surface area (Å²) in [5.41, 5.74) is 0.741. The van der Waals surface area contributed by atoms with Crippen LogP contribution in [0, 0.1) is 23.7 Å². The van der Waals surface area contributed by atoms with Gasteiger partial charge in [-0.25, -0.2) is 4.39 Å². The van der Waals surface area contributed by atoms with Gasteiger partial charge in [0, 0.05) is 0 Å². The lowest BCUT2D eigenvalue weighted by Gasteiger charge is -2.37. The molecule has 0 amide bonds. The number of allylic oxidation sites excluding steroid dienone is 4. The Morgan fingerprint density at radius 3 is 2.18 bits per heavy atom. The van der Waals surface area contributed by atoms with E-state index in [2.05, 4.69) is 11.7 Å². The maximum atomic E-state index is 14.1. The van der Waals surface area contributed by atoms with Gasteiger partial charge in [-0.3, -0.25) is 4.74 Å². The molecule has 2 saturated carbocycles. The molecule has 0 aromatic carbocycles. The van der Waals surface area contributed by atoms with Crippen LogP contribution in [0.15, 0.2) is 35.7 Å². The number of halogens is 4. The Balaban J connectivity index is 1.43. The molecule has 2 fully saturated rings. The van der Waals surface area contributed by atoms with Gasteiger partial charge < -0.3 is 0 Å². The van der Waals surface area contributed by atoms with Crippen molar-refractivity contribution in [2.24, 2.45) is 23.7 Å². The lowest BCUT2D eigenvalue weighted by molar-refractivity contribution is -0.333. The van der Waals surface area contributed by atoms with E-state index in [1.54, 1.807) is 6.08 Å². The number of hydrogen-bond donors (Lipinski definition) is 0. The van der Waals surface area contributed by atoms with Crippen LogP contribution in [-0.4, -0.2) is 12.5 Å². The minimum Gasteiger partial charge on any atom is -0.277 e. The predicted octanol–water partition coefficient (Wildman–Crippen LogP) is 7.65. The zero-order valence-corrected chi connectivity index (χ0v) is 16.7. The van der Waals surface area contributed by atoms with Crippen molar-refractivity contribution in [2.75, 3.05) is 0 Å². The van der Waals surface area contributed by atoms with Gasteiger partial charge in [-0.05, 0) is 79.9 Å². The van der Waals surface area contributed by atoms with Gasteiger partial charge in [0.15, 0.2) is 0 Å². The molecule has 3 aliphatic carbocycles. The lowest BCUT2D eigenvalue weighted by Crippen LogP contribution is -2.25. The van der Waals surface area contributed by atoms with E-state index in [1.807, 2.05) is 0 Å². The largest absolute Gasteiger partial charge is 0.523 e. The van der Waals surface area contributed by atoms with E-state index in [9.17, 15) is 17.6 Å². The molecule has 1 unspecified atom stereocenters. The molecule has 0 N–H and O–H groups in total. The van der Waals surface area contributed by atoms with Gasteiger partial charge in [-0.15, -0.1) is 13.2 Å². The summed E-state index contributed by atoms with van der Waals surface area (Å²) in [6.45, 7) is 2.36. The zero-order valence-electron chi connectivity index (χ0n) is 16.7. The summed E-state index contributed by atoms with van der Waals surface area (Å²) in [4.78, 5) is 0. The Bertz CT molecular complexity index is 588. The number of alkyl halides is 3.